The van der Waals surface area contributed by atoms with E-state index >= 15 is 0 Å². The third kappa shape index (κ3) is 1.70. The molecule has 1 aromatic heterocycles. The van der Waals surface area contributed by atoms with Crippen molar-refractivity contribution in [3.63, 3.8) is 0 Å². The van der Waals surface area contributed by atoms with Gasteiger partial charge in [0.15, 0.2) is 0 Å². The van der Waals surface area contributed by atoms with E-state index in [9.17, 15) is 4.79 Å². The first kappa shape index (κ1) is 10.0. The van der Waals surface area contributed by atoms with E-state index < -0.39 is 12.0 Å². The Morgan fingerprint density at radius 3 is 2.87 bits per heavy atom. The standard InChI is InChI=1S/C10H13N3O2/c1-5-8-7(13-6(2)12-5)3-4-11-9(8)10(14)15/h9,11H,3-4H2,1-2H3,(H,14,15). The van der Waals surface area contributed by atoms with E-state index in [2.05, 4.69) is 15.3 Å². The molecule has 0 radical (unpaired) electrons. The number of nitrogens with one attached hydrogen (secondary N) is 1. The molecule has 2 heterocycles. The fourth-order valence-electron chi connectivity index (χ4n) is 2.01. The highest BCUT2D eigenvalue weighted by Gasteiger charge is 2.29. The van der Waals surface area contributed by atoms with Gasteiger partial charge in [-0.3, -0.25) is 4.79 Å². The number of aromatic nitrogens is 2. The van der Waals surface area contributed by atoms with Crippen LogP contribution in [0, 0.1) is 13.8 Å². The van der Waals surface area contributed by atoms with Gasteiger partial charge in [0.25, 0.3) is 0 Å². The average molecular weight is 207 g/mol. The Morgan fingerprint density at radius 1 is 1.47 bits per heavy atom. The molecule has 0 aliphatic carbocycles. The minimum atomic E-state index is -0.869. The number of carboxylic acids is 1. The topological polar surface area (TPSA) is 75.1 Å². The van der Waals surface area contributed by atoms with Crippen LogP contribution in [0.5, 0.6) is 0 Å². The van der Waals surface area contributed by atoms with Crippen molar-refractivity contribution in [1.82, 2.24) is 15.3 Å². The second-order valence-corrected chi connectivity index (χ2v) is 3.69. The maximum absolute atomic E-state index is 11.0. The minimum absolute atomic E-state index is 0.653. The van der Waals surface area contributed by atoms with Crippen LogP contribution in [0.15, 0.2) is 0 Å². The SMILES string of the molecule is Cc1nc(C)c2c(n1)CCNC2C(=O)O. The minimum Gasteiger partial charge on any atom is -0.480 e. The lowest BCUT2D eigenvalue weighted by Gasteiger charge is -2.24. The van der Waals surface area contributed by atoms with Crippen LogP contribution in [0.1, 0.15) is 28.8 Å². The van der Waals surface area contributed by atoms with Crippen molar-refractivity contribution in [2.75, 3.05) is 6.54 Å². The highest BCUT2D eigenvalue weighted by atomic mass is 16.4. The van der Waals surface area contributed by atoms with Gasteiger partial charge in [0.2, 0.25) is 0 Å². The van der Waals surface area contributed by atoms with Gasteiger partial charge in [0, 0.05) is 24.2 Å². The molecule has 1 aliphatic heterocycles. The molecule has 1 aromatic rings. The lowest BCUT2D eigenvalue weighted by Crippen LogP contribution is -2.36. The molecule has 1 aliphatic rings. The van der Waals surface area contributed by atoms with Gasteiger partial charge in [-0.2, -0.15) is 0 Å². The predicted octanol–water partition coefficient (Wildman–Crippen LogP) is 0.365. The van der Waals surface area contributed by atoms with E-state index in [1.807, 2.05) is 13.8 Å². The summed E-state index contributed by atoms with van der Waals surface area (Å²) in [5, 5.41) is 12.0. The van der Waals surface area contributed by atoms with E-state index in [0.29, 0.717) is 12.4 Å². The van der Waals surface area contributed by atoms with Gasteiger partial charge < -0.3 is 10.4 Å². The smallest absolute Gasteiger partial charge is 0.325 e. The van der Waals surface area contributed by atoms with Crippen molar-refractivity contribution in [2.24, 2.45) is 0 Å². The zero-order chi connectivity index (χ0) is 11.0. The zero-order valence-corrected chi connectivity index (χ0v) is 8.74. The highest BCUT2D eigenvalue weighted by Crippen LogP contribution is 2.24. The average Bonchev–Trinajstić information content (AvgIpc) is 2.16. The molecule has 15 heavy (non-hydrogen) atoms. The van der Waals surface area contributed by atoms with Gasteiger partial charge in [-0.15, -0.1) is 0 Å². The van der Waals surface area contributed by atoms with Crippen LogP contribution < -0.4 is 5.32 Å². The molecular formula is C10H13N3O2. The summed E-state index contributed by atoms with van der Waals surface area (Å²) < 4.78 is 0. The van der Waals surface area contributed by atoms with Crippen LogP contribution in [0.25, 0.3) is 0 Å². The maximum Gasteiger partial charge on any atom is 0.325 e. The van der Waals surface area contributed by atoms with Crippen LogP contribution >= 0.6 is 0 Å². The number of fused-ring (bicyclic) bond motifs is 1. The van der Waals surface area contributed by atoms with Gasteiger partial charge in [-0.05, 0) is 13.8 Å². The molecule has 80 valence electrons. The number of nitrogens with zero attached hydrogens (tertiary/aromatic N) is 2. The molecule has 1 unspecified atom stereocenters. The second-order valence-electron chi connectivity index (χ2n) is 3.69. The van der Waals surface area contributed by atoms with Crippen molar-refractivity contribution in [1.29, 1.82) is 0 Å². The summed E-state index contributed by atoms with van der Waals surface area (Å²) in [7, 11) is 0. The van der Waals surface area contributed by atoms with Crippen LogP contribution in [0.3, 0.4) is 0 Å². The van der Waals surface area contributed by atoms with Gasteiger partial charge in [0.05, 0.1) is 5.69 Å². The first-order valence-electron chi connectivity index (χ1n) is 4.90. The quantitative estimate of drug-likeness (QED) is 0.695. The van der Waals surface area contributed by atoms with Crippen LogP contribution in [-0.4, -0.2) is 27.6 Å². The molecule has 0 spiro atoms. The molecule has 5 nitrogen and oxygen atoms in total. The predicted molar refractivity (Wildman–Crippen MR) is 53.6 cm³/mol. The van der Waals surface area contributed by atoms with Gasteiger partial charge >= 0.3 is 5.97 Å². The molecule has 1 atom stereocenters. The summed E-state index contributed by atoms with van der Waals surface area (Å²) in [5.41, 5.74) is 2.36. The van der Waals surface area contributed by atoms with Crippen molar-refractivity contribution in [3.8, 4) is 0 Å². The first-order valence-corrected chi connectivity index (χ1v) is 4.90. The van der Waals surface area contributed by atoms with Crippen LogP contribution in [0.4, 0.5) is 0 Å². The number of hydrogen-bond donors (Lipinski definition) is 2. The molecule has 2 N–H and O–H groups in total. The molecule has 0 saturated carbocycles. The van der Waals surface area contributed by atoms with E-state index in [0.717, 1.165) is 23.4 Å². The summed E-state index contributed by atoms with van der Waals surface area (Å²) in [4.78, 5) is 19.5. The van der Waals surface area contributed by atoms with Gasteiger partial charge in [-0.1, -0.05) is 0 Å². The Kier molecular flexibility index (Phi) is 2.40. The fraction of sp³-hybridized carbons (Fsp3) is 0.500. The largest absolute Gasteiger partial charge is 0.480 e. The lowest BCUT2D eigenvalue weighted by atomic mass is 9.97. The Balaban J connectivity index is 2.55. The van der Waals surface area contributed by atoms with E-state index in [1.54, 1.807) is 0 Å². The van der Waals surface area contributed by atoms with Gasteiger partial charge in [0.1, 0.15) is 11.9 Å². The van der Waals surface area contributed by atoms with Crippen LogP contribution in [0.2, 0.25) is 0 Å². The van der Waals surface area contributed by atoms with Crippen molar-refractivity contribution in [3.05, 3.63) is 22.8 Å². The summed E-state index contributed by atoms with van der Waals surface area (Å²) in [6.07, 6.45) is 0.767. The van der Waals surface area contributed by atoms with Crippen molar-refractivity contribution in [2.45, 2.75) is 26.3 Å². The Hall–Kier alpha value is -1.49. The van der Waals surface area contributed by atoms with E-state index in [-0.39, 0.29) is 0 Å². The number of aryl methyl sites for hydroxylation is 2. The van der Waals surface area contributed by atoms with E-state index in [1.165, 1.54) is 0 Å². The third-order valence-corrected chi connectivity index (χ3v) is 2.57. The third-order valence-electron chi connectivity index (χ3n) is 2.57. The summed E-state index contributed by atoms with van der Waals surface area (Å²) in [6.45, 7) is 4.31. The molecule has 0 amide bonds. The lowest BCUT2D eigenvalue weighted by molar-refractivity contribution is -0.139. The Labute approximate surface area is 87.6 Å². The monoisotopic (exact) mass is 207 g/mol. The van der Waals surface area contributed by atoms with Crippen molar-refractivity contribution < 1.29 is 9.90 Å². The first-order chi connectivity index (χ1) is 7.09. The maximum atomic E-state index is 11.0. The molecule has 0 saturated heterocycles. The molecule has 0 bridgehead atoms. The number of aliphatic carboxylic acids is 1. The molecular weight excluding hydrogens is 194 g/mol. The van der Waals surface area contributed by atoms with E-state index in [4.69, 9.17) is 5.11 Å². The second kappa shape index (κ2) is 3.58. The molecule has 0 fully saturated rings. The summed E-state index contributed by atoms with van der Waals surface area (Å²) in [5.74, 6) is -0.163. The highest BCUT2D eigenvalue weighted by molar-refractivity contribution is 5.76. The number of carboxylic acid groups (broad SMARTS) is 1. The van der Waals surface area contributed by atoms with Crippen molar-refractivity contribution >= 4 is 5.97 Å². The zero-order valence-electron chi connectivity index (χ0n) is 8.74. The molecule has 2 rings (SSSR count). The molecule has 5 heteroatoms. The number of hydrogen-bond acceptors (Lipinski definition) is 4. The van der Waals surface area contributed by atoms with Crippen LogP contribution in [-0.2, 0) is 11.2 Å². The normalized spacial score (nSPS) is 19.7. The summed E-state index contributed by atoms with van der Waals surface area (Å²) in [6, 6.07) is -0.658. The Morgan fingerprint density at radius 2 is 2.20 bits per heavy atom. The Bertz CT molecular complexity index is 417. The number of carbonyl (C=O) groups is 1. The molecule has 0 aromatic carbocycles. The van der Waals surface area contributed by atoms with Gasteiger partial charge in [-0.25, -0.2) is 9.97 Å². The number of rotatable bonds is 1. The fourth-order valence-corrected chi connectivity index (χ4v) is 2.01. The summed E-state index contributed by atoms with van der Waals surface area (Å²) >= 11 is 0.